The Morgan fingerprint density at radius 3 is 2.80 bits per heavy atom. The SMILES string of the molecule is COCCn1ncc(Cl)c1C(=O)c1cccc(Cl)c1C. The van der Waals surface area contributed by atoms with Crippen LogP contribution in [0.15, 0.2) is 24.4 Å². The van der Waals surface area contributed by atoms with Gasteiger partial charge >= 0.3 is 0 Å². The van der Waals surface area contributed by atoms with E-state index in [1.165, 1.54) is 6.20 Å². The van der Waals surface area contributed by atoms with Gasteiger partial charge in [-0.3, -0.25) is 9.48 Å². The summed E-state index contributed by atoms with van der Waals surface area (Å²) in [5.41, 5.74) is 1.61. The van der Waals surface area contributed by atoms with E-state index < -0.39 is 0 Å². The number of carbonyl (C=O) groups excluding carboxylic acids is 1. The fraction of sp³-hybridized carbons (Fsp3) is 0.286. The summed E-state index contributed by atoms with van der Waals surface area (Å²) in [7, 11) is 1.59. The Bertz CT molecular complexity index is 638. The standard InChI is InChI=1S/C14H14Cl2N2O2/c1-9-10(4-3-5-11(9)15)14(19)13-12(16)8-17-18(13)6-7-20-2/h3-5,8H,6-7H2,1-2H3. The molecule has 0 saturated heterocycles. The van der Waals surface area contributed by atoms with Gasteiger partial charge in [-0.1, -0.05) is 35.3 Å². The summed E-state index contributed by atoms with van der Waals surface area (Å²) >= 11 is 12.1. The number of hydrogen-bond acceptors (Lipinski definition) is 3. The van der Waals surface area contributed by atoms with E-state index in [2.05, 4.69) is 5.10 Å². The number of rotatable bonds is 5. The topological polar surface area (TPSA) is 44.1 Å². The lowest BCUT2D eigenvalue weighted by atomic mass is 10.0. The largest absolute Gasteiger partial charge is 0.383 e. The Morgan fingerprint density at radius 2 is 2.10 bits per heavy atom. The van der Waals surface area contributed by atoms with Crippen molar-refractivity contribution in [2.75, 3.05) is 13.7 Å². The van der Waals surface area contributed by atoms with Crippen molar-refractivity contribution in [2.45, 2.75) is 13.5 Å². The number of benzene rings is 1. The molecule has 1 heterocycles. The number of hydrogen-bond donors (Lipinski definition) is 0. The van der Waals surface area contributed by atoms with Gasteiger partial charge in [0.25, 0.3) is 0 Å². The summed E-state index contributed by atoms with van der Waals surface area (Å²) in [6.45, 7) is 2.72. The van der Waals surface area contributed by atoms with Crippen LogP contribution in [0.5, 0.6) is 0 Å². The van der Waals surface area contributed by atoms with E-state index in [9.17, 15) is 4.79 Å². The summed E-state index contributed by atoms with van der Waals surface area (Å²) in [5.74, 6) is -0.191. The Labute approximate surface area is 127 Å². The molecule has 106 valence electrons. The first-order chi connectivity index (χ1) is 9.56. The minimum atomic E-state index is -0.191. The molecule has 0 aliphatic heterocycles. The number of aromatic nitrogens is 2. The molecule has 0 aliphatic carbocycles. The van der Waals surface area contributed by atoms with E-state index >= 15 is 0 Å². The molecule has 0 atom stereocenters. The zero-order valence-electron chi connectivity index (χ0n) is 11.2. The second-order valence-electron chi connectivity index (χ2n) is 4.30. The van der Waals surface area contributed by atoms with Crippen LogP contribution in [-0.4, -0.2) is 29.3 Å². The molecule has 6 heteroatoms. The predicted molar refractivity (Wildman–Crippen MR) is 78.7 cm³/mol. The highest BCUT2D eigenvalue weighted by Crippen LogP contribution is 2.24. The van der Waals surface area contributed by atoms with Crippen molar-refractivity contribution in [3.8, 4) is 0 Å². The summed E-state index contributed by atoms with van der Waals surface area (Å²) in [5, 5.41) is 4.98. The number of halogens is 2. The molecule has 2 rings (SSSR count). The molecule has 0 fully saturated rings. The lowest BCUT2D eigenvalue weighted by Gasteiger charge is -2.09. The van der Waals surface area contributed by atoms with Gasteiger partial charge in [-0.05, 0) is 18.6 Å². The fourth-order valence-corrected chi connectivity index (χ4v) is 2.32. The van der Waals surface area contributed by atoms with Crippen LogP contribution in [0.4, 0.5) is 0 Å². The van der Waals surface area contributed by atoms with Crippen molar-refractivity contribution in [2.24, 2.45) is 0 Å². The van der Waals surface area contributed by atoms with Crippen molar-refractivity contribution in [1.29, 1.82) is 0 Å². The maximum Gasteiger partial charge on any atom is 0.212 e. The predicted octanol–water partition coefficient (Wildman–Crippen LogP) is 3.38. The van der Waals surface area contributed by atoms with Crippen molar-refractivity contribution >= 4 is 29.0 Å². The minimum absolute atomic E-state index is 0.191. The molecule has 1 aromatic carbocycles. The Kier molecular flexibility index (Phi) is 4.81. The summed E-state index contributed by atoms with van der Waals surface area (Å²) in [6, 6.07) is 5.22. The third-order valence-corrected chi connectivity index (χ3v) is 3.72. The number of methoxy groups -OCH3 is 1. The summed E-state index contributed by atoms with van der Waals surface area (Å²) < 4.78 is 6.55. The number of ether oxygens (including phenoxy) is 1. The molecule has 1 aromatic heterocycles. The average Bonchev–Trinajstić information content (AvgIpc) is 2.80. The van der Waals surface area contributed by atoms with Gasteiger partial charge in [0, 0.05) is 17.7 Å². The van der Waals surface area contributed by atoms with Gasteiger partial charge in [0.1, 0.15) is 5.69 Å². The van der Waals surface area contributed by atoms with Crippen molar-refractivity contribution in [1.82, 2.24) is 9.78 Å². The summed E-state index contributed by atoms with van der Waals surface area (Å²) in [6.07, 6.45) is 1.46. The molecule has 0 amide bonds. The third kappa shape index (κ3) is 2.87. The van der Waals surface area contributed by atoms with E-state index in [0.29, 0.717) is 34.5 Å². The molecule has 4 nitrogen and oxygen atoms in total. The van der Waals surface area contributed by atoms with Crippen LogP contribution in [0.25, 0.3) is 0 Å². The average molecular weight is 313 g/mol. The highest BCUT2D eigenvalue weighted by Gasteiger charge is 2.21. The number of ketones is 1. The highest BCUT2D eigenvalue weighted by molar-refractivity contribution is 6.35. The van der Waals surface area contributed by atoms with Crippen LogP contribution >= 0.6 is 23.2 Å². The molecule has 0 unspecified atom stereocenters. The number of carbonyl (C=O) groups is 1. The lowest BCUT2D eigenvalue weighted by Crippen LogP contribution is -2.15. The van der Waals surface area contributed by atoms with Crippen LogP contribution in [-0.2, 0) is 11.3 Å². The van der Waals surface area contributed by atoms with E-state index in [4.69, 9.17) is 27.9 Å². The second kappa shape index (κ2) is 6.39. The molecule has 0 bridgehead atoms. The quantitative estimate of drug-likeness (QED) is 0.795. The first-order valence-electron chi connectivity index (χ1n) is 6.06. The molecule has 0 saturated carbocycles. The Morgan fingerprint density at radius 1 is 1.35 bits per heavy atom. The molecular weight excluding hydrogens is 299 g/mol. The van der Waals surface area contributed by atoms with Gasteiger partial charge in [0.2, 0.25) is 5.78 Å². The van der Waals surface area contributed by atoms with Gasteiger partial charge in [-0.15, -0.1) is 0 Å². The lowest BCUT2D eigenvalue weighted by molar-refractivity contribution is 0.102. The fourth-order valence-electron chi connectivity index (χ4n) is 1.92. The maximum atomic E-state index is 12.6. The smallest absolute Gasteiger partial charge is 0.212 e. The van der Waals surface area contributed by atoms with Gasteiger partial charge in [-0.25, -0.2) is 0 Å². The molecule has 0 N–H and O–H groups in total. The maximum absolute atomic E-state index is 12.6. The summed E-state index contributed by atoms with van der Waals surface area (Å²) in [4.78, 5) is 12.6. The molecular formula is C14H14Cl2N2O2. The van der Waals surface area contributed by atoms with Gasteiger partial charge in [0.15, 0.2) is 0 Å². The van der Waals surface area contributed by atoms with Crippen LogP contribution in [0.1, 0.15) is 21.6 Å². The first kappa shape index (κ1) is 15.0. The monoisotopic (exact) mass is 312 g/mol. The van der Waals surface area contributed by atoms with Crippen LogP contribution in [0.2, 0.25) is 10.0 Å². The van der Waals surface area contributed by atoms with Crippen molar-refractivity contribution in [3.05, 3.63) is 51.3 Å². The van der Waals surface area contributed by atoms with Crippen molar-refractivity contribution in [3.63, 3.8) is 0 Å². The minimum Gasteiger partial charge on any atom is -0.383 e. The normalized spacial score (nSPS) is 10.8. The van der Waals surface area contributed by atoms with Crippen LogP contribution < -0.4 is 0 Å². The number of nitrogens with zero attached hydrogens (tertiary/aromatic N) is 2. The van der Waals surface area contributed by atoms with E-state index in [1.807, 2.05) is 0 Å². The first-order valence-corrected chi connectivity index (χ1v) is 6.82. The van der Waals surface area contributed by atoms with Gasteiger partial charge in [-0.2, -0.15) is 5.10 Å². The Balaban J connectivity index is 2.43. The van der Waals surface area contributed by atoms with E-state index in [-0.39, 0.29) is 5.78 Å². The van der Waals surface area contributed by atoms with E-state index in [0.717, 1.165) is 5.56 Å². The Hall–Kier alpha value is -1.36. The second-order valence-corrected chi connectivity index (χ2v) is 5.11. The zero-order valence-corrected chi connectivity index (χ0v) is 12.7. The van der Waals surface area contributed by atoms with Gasteiger partial charge in [0.05, 0.1) is 24.4 Å². The molecule has 2 aromatic rings. The van der Waals surface area contributed by atoms with Crippen molar-refractivity contribution < 1.29 is 9.53 Å². The third-order valence-electron chi connectivity index (χ3n) is 3.03. The van der Waals surface area contributed by atoms with Gasteiger partial charge < -0.3 is 4.74 Å². The molecule has 20 heavy (non-hydrogen) atoms. The highest BCUT2D eigenvalue weighted by atomic mass is 35.5. The molecule has 0 aliphatic rings. The van der Waals surface area contributed by atoms with Crippen LogP contribution in [0, 0.1) is 6.92 Å². The van der Waals surface area contributed by atoms with Crippen LogP contribution in [0.3, 0.4) is 0 Å². The molecule has 0 spiro atoms. The molecule has 0 radical (unpaired) electrons. The van der Waals surface area contributed by atoms with E-state index in [1.54, 1.807) is 36.9 Å². The zero-order chi connectivity index (χ0) is 14.7.